The Balaban J connectivity index is 2.15. The predicted molar refractivity (Wildman–Crippen MR) is 60.2 cm³/mol. The number of aromatic nitrogens is 2. The van der Waals surface area contributed by atoms with Crippen LogP contribution in [0.15, 0.2) is 41.4 Å². The molecule has 4 nitrogen and oxygen atoms in total. The summed E-state index contributed by atoms with van der Waals surface area (Å²) >= 11 is 0. The van der Waals surface area contributed by atoms with Gasteiger partial charge < -0.3 is 9.26 Å². The highest BCUT2D eigenvalue weighted by molar-refractivity contribution is 5.54. The van der Waals surface area contributed by atoms with E-state index in [2.05, 4.69) is 16.7 Å². The van der Waals surface area contributed by atoms with Crippen LogP contribution in [0.4, 0.5) is 0 Å². The van der Waals surface area contributed by atoms with Crippen molar-refractivity contribution in [2.45, 2.75) is 6.92 Å². The maximum absolute atomic E-state index is 5.37. The molecule has 0 aliphatic carbocycles. The predicted octanol–water partition coefficient (Wildman–Crippen LogP) is 2.61. The Morgan fingerprint density at radius 1 is 1.38 bits per heavy atom. The van der Waals surface area contributed by atoms with Gasteiger partial charge in [-0.05, 0) is 31.2 Å². The quantitative estimate of drug-likeness (QED) is 0.737. The molecule has 0 fully saturated rings. The number of aryl methyl sites for hydroxylation is 1. The van der Waals surface area contributed by atoms with Crippen molar-refractivity contribution in [2.75, 3.05) is 6.61 Å². The van der Waals surface area contributed by atoms with Crippen LogP contribution in [0.3, 0.4) is 0 Å². The van der Waals surface area contributed by atoms with E-state index in [-0.39, 0.29) is 0 Å². The Labute approximate surface area is 93.6 Å². The highest BCUT2D eigenvalue weighted by atomic mass is 16.5. The van der Waals surface area contributed by atoms with E-state index in [1.165, 1.54) is 0 Å². The van der Waals surface area contributed by atoms with Crippen molar-refractivity contribution < 1.29 is 9.26 Å². The van der Waals surface area contributed by atoms with Gasteiger partial charge in [-0.1, -0.05) is 17.8 Å². The minimum atomic E-state index is 0.499. The van der Waals surface area contributed by atoms with Gasteiger partial charge in [0.1, 0.15) is 12.4 Å². The molecular formula is C12H12N2O2. The molecule has 0 N–H and O–H groups in total. The van der Waals surface area contributed by atoms with Gasteiger partial charge in [-0.15, -0.1) is 0 Å². The second-order valence-corrected chi connectivity index (χ2v) is 3.27. The van der Waals surface area contributed by atoms with Crippen LogP contribution in [0.5, 0.6) is 5.75 Å². The average molecular weight is 216 g/mol. The van der Waals surface area contributed by atoms with Gasteiger partial charge in [-0.3, -0.25) is 0 Å². The second-order valence-electron chi connectivity index (χ2n) is 3.27. The Morgan fingerprint density at radius 2 is 2.12 bits per heavy atom. The van der Waals surface area contributed by atoms with Gasteiger partial charge in [0, 0.05) is 5.56 Å². The lowest BCUT2D eigenvalue weighted by molar-refractivity contribution is 0.363. The van der Waals surface area contributed by atoms with Gasteiger partial charge in [0.2, 0.25) is 0 Å². The van der Waals surface area contributed by atoms with Gasteiger partial charge in [0.25, 0.3) is 5.89 Å². The van der Waals surface area contributed by atoms with Gasteiger partial charge in [-0.25, -0.2) is 0 Å². The molecule has 0 saturated heterocycles. The van der Waals surface area contributed by atoms with Crippen LogP contribution in [-0.4, -0.2) is 16.7 Å². The molecule has 0 unspecified atom stereocenters. The van der Waals surface area contributed by atoms with Crippen molar-refractivity contribution in [1.82, 2.24) is 10.1 Å². The molecule has 16 heavy (non-hydrogen) atoms. The summed E-state index contributed by atoms with van der Waals surface area (Å²) in [5.74, 6) is 1.94. The number of benzene rings is 1. The molecule has 0 bridgehead atoms. The summed E-state index contributed by atoms with van der Waals surface area (Å²) in [4.78, 5) is 4.14. The molecule has 1 aromatic heterocycles. The van der Waals surface area contributed by atoms with E-state index in [0.29, 0.717) is 18.3 Å². The van der Waals surface area contributed by atoms with Gasteiger partial charge >= 0.3 is 0 Å². The van der Waals surface area contributed by atoms with E-state index >= 15 is 0 Å². The molecule has 0 spiro atoms. The van der Waals surface area contributed by atoms with E-state index in [0.717, 1.165) is 11.3 Å². The molecule has 82 valence electrons. The second kappa shape index (κ2) is 4.61. The summed E-state index contributed by atoms with van der Waals surface area (Å²) in [5.41, 5.74) is 0.881. The van der Waals surface area contributed by atoms with Gasteiger partial charge in [0.15, 0.2) is 5.82 Å². The Morgan fingerprint density at radius 3 is 2.69 bits per heavy atom. The molecule has 2 rings (SSSR count). The zero-order valence-corrected chi connectivity index (χ0v) is 9.01. The lowest BCUT2D eigenvalue weighted by Crippen LogP contribution is -1.92. The van der Waals surface area contributed by atoms with Crippen molar-refractivity contribution in [3.8, 4) is 17.2 Å². The maximum Gasteiger partial charge on any atom is 0.257 e. The van der Waals surface area contributed by atoms with E-state index < -0.39 is 0 Å². The van der Waals surface area contributed by atoms with Crippen molar-refractivity contribution >= 4 is 0 Å². The standard InChI is InChI=1S/C12H12N2O2/c1-3-8-15-11-6-4-10(5-7-11)12-13-9(2)14-16-12/h3-7H,1,8H2,2H3. The first-order valence-corrected chi connectivity index (χ1v) is 4.94. The zero-order chi connectivity index (χ0) is 11.4. The van der Waals surface area contributed by atoms with Gasteiger partial charge in [0.05, 0.1) is 0 Å². The van der Waals surface area contributed by atoms with Crippen LogP contribution in [0.1, 0.15) is 5.82 Å². The SMILES string of the molecule is C=CCOc1ccc(-c2nc(C)no2)cc1. The van der Waals surface area contributed by atoms with Crippen LogP contribution in [-0.2, 0) is 0 Å². The third kappa shape index (κ3) is 2.28. The summed E-state index contributed by atoms with van der Waals surface area (Å²) in [6, 6.07) is 7.48. The third-order valence-corrected chi connectivity index (χ3v) is 2.00. The largest absolute Gasteiger partial charge is 0.490 e. The number of nitrogens with zero attached hydrogens (tertiary/aromatic N) is 2. The average Bonchev–Trinajstić information content (AvgIpc) is 2.74. The van der Waals surface area contributed by atoms with Crippen molar-refractivity contribution in [3.63, 3.8) is 0 Å². The van der Waals surface area contributed by atoms with Gasteiger partial charge in [-0.2, -0.15) is 4.98 Å². The summed E-state index contributed by atoms with van der Waals surface area (Å²) < 4.78 is 10.4. The van der Waals surface area contributed by atoms with E-state index in [9.17, 15) is 0 Å². The minimum Gasteiger partial charge on any atom is -0.490 e. The molecular weight excluding hydrogens is 204 g/mol. The lowest BCUT2D eigenvalue weighted by atomic mass is 10.2. The molecule has 0 aliphatic rings. The topological polar surface area (TPSA) is 48.2 Å². The van der Waals surface area contributed by atoms with Crippen LogP contribution in [0.25, 0.3) is 11.5 Å². The first kappa shape index (κ1) is 10.4. The fourth-order valence-electron chi connectivity index (χ4n) is 1.26. The third-order valence-electron chi connectivity index (χ3n) is 2.00. The molecule has 0 amide bonds. The summed E-state index contributed by atoms with van der Waals surface area (Å²) in [6.07, 6.45) is 1.70. The van der Waals surface area contributed by atoms with Crippen LogP contribution >= 0.6 is 0 Å². The molecule has 0 saturated carbocycles. The van der Waals surface area contributed by atoms with E-state index in [4.69, 9.17) is 9.26 Å². The highest BCUT2D eigenvalue weighted by Gasteiger charge is 2.05. The molecule has 1 heterocycles. The van der Waals surface area contributed by atoms with Crippen LogP contribution in [0.2, 0.25) is 0 Å². The molecule has 0 atom stereocenters. The van der Waals surface area contributed by atoms with Crippen LogP contribution < -0.4 is 4.74 Å². The van der Waals surface area contributed by atoms with Crippen molar-refractivity contribution in [3.05, 3.63) is 42.7 Å². The molecule has 1 aromatic carbocycles. The number of hydrogen-bond acceptors (Lipinski definition) is 4. The molecule has 2 aromatic rings. The smallest absolute Gasteiger partial charge is 0.257 e. The Bertz CT molecular complexity index is 474. The first-order valence-electron chi connectivity index (χ1n) is 4.94. The Kier molecular flexibility index (Phi) is 3.00. The maximum atomic E-state index is 5.37. The van der Waals surface area contributed by atoms with Crippen LogP contribution in [0, 0.1) is 6.92 Å². The van der Waals surface area contributed by atoms with Crippen molar-refractivity contribution in [2.24, 2.45) is 0 Å². The number of ether oxygens (including phenoxy) is 1. The Hall–Kier alpha value is -2.10. The number of rotatable bonds is 4. The molecule has 0 aliphatic heterocycles. The fraction of sp³-hybridized carbons (Fsp3) is 0.167. The van der Waals surface area contributed by atoms with E-state index in [1.807, 2.05) is 24.3 Å². The first-order chi connectivity index (χ1) is 7.79. The lowest BCUT2D eigenvalue weighted by Gasteiger charge is -2.02. The van der Waals surface area contributed by atoms with E-state index in [1.54, 1.807) is 13.0 Å². The fourth-order valence-corrected chi connectivity index (χ4v) is 1.26. The monoisotopic (exact) mass is 216 g/mol. The summed E-state index contributed by atoms with van der Waals surface area (Å²) in [5, 5.41) is 3.73. The highest BCUT2D eigenvalue weighted by Crippen LogP contribution is 2.20. The number of hydrogen-bond donors (Lipinski definition) is 0. The van der Waals surface area contributed by atoms with Crippen molar-refractivity contribution in [1.29, 1.82) is 0 Å². The molecule has 4 heteroatoms. The molecule has 0 radical (unpaired) electrons. The normalized spacial score (nSPS) is 10.1. The summed E-state index contributed by atoms with van der Waals surface area (Å²) in [7, 11) is 0. The summed E-state index contributed by atoms with van der Waals surface area (Å²) in [6.45, 7) is 5.87. The minimum absolute atomic E-state index is 0.499. The zero-order valence-electron chi connectivity index (χ0n) is 9.01.